The second-order valence-electron chi connectivity index (χ2n) is 3.21. The van der Waals surface area contributed by atoms with E-state index in [1.54, 1.807) is 0 Å². The SMILES string of the molecule is C/C(=C\S)C1CCCCC1. The van der Waals surface area contributed by atoms with E-state index in [4.69, 9.17) is 0 Å². The maximum absolute atomic E-state index is 4.16. The van der Waals surface area contributed by atoms with Gasteiger partial charge >= 0.3 is 0 Å². The summed E-state index contributed by atoms with van der Waals surface area (Å²) in [6.07, 6.45) is 7.06. The van der Waals surface area contributed by atoms with E-state index in [0.29, 0.717) is 0 Å². The number of hydrogen-bond donors (Lipinski definition) is 1. The summed E-state index contributed by atoms with van der Waals surface area (Å²) in [5.41, 5.74) is 1.48. The molecule has 1 heteroatoms. The van der Waals surface area contributed by atoms with E-state index in [-0.39, 0.29) is 0 Å². The quantitative estimate of drug-likeness (QED) is 0.553. The van der Waals surface area contributed by atoms with E-state index in [9.17, 15) is 0 Å². The van der Waals surface area contributed by atoms with Gasteiger partial charge in [0.25, 0.3) is 0 Å². The maximum atomic E-state index is 4.16. The van der Waals surface area contributed by atoms with Crippen molar-refractivity contribution in [1.82, 2.24) is 0 Å². The summed E-state index contributed by atoms with van der Waals surface area (Å²) >= 11 is 4.16. The van der Waals surface area contributed by atoms with Gasteiger partial charge in [0.05, 0.1) is 0 Å². The molecule has 0 bridgehead atoms. The van der Waals surface area contributed by atoms with Gasteiger partial charge in [-0.2, -0.15) is 12.6 Å². The molecule has 10 heavy (non-hydrogen) atoms. The van der Waals surface area contributed by atoms with Gasteiger partial charge in [-0.3, -0.25) is 0 Å². The summed E-state index contributed by atoms with van der Waals surface area (Å²) in [5, 5.41) is 1.97. The second kappa shape index (κ2) is 4.07. The molecule has 0 aromatic rings. The molecule has 0 aliphatic heterocycles. The molecule has 0 unspecified atom stereocenters. The largest absolute Gasteiger partial charge is 0.151 e. The summed E-state index contributed by atoms with van der Waals surface area (Å²) in [4.78, 5) is 0. The van der Waals surface area contributed by atoms with Crippen molar-refractivity contribution < 1.29 is 0 Å². The summed E-state index contributed by atoms with van der Waals surface area (Å²) in [7, 11) is 0. The first-order chi connectivity index (χ1) is 4.84. The molecule has 0 nitrogen and oxygen atoms in total. The van der Waals surface area contributed by atoms with E-state index < -0.39 is 0 Å². The average Bonchev–Trinajstić information content (AvgIpc) is 2.05. The Labute approximate surface area is 69.1 Å². The highest BCUT2D eigenvalue weighted by Gasteiger charge is 2.13. The van der Waals surface area contributed by atoms with Gasteiger partial charge in [-0.1, -0.05) is 24.8 Å². The third-order valence-corrected chi connectivity index (χ3v) is 2.86. The molecular weight excluding hydrogens is 140 g/mol. The molecule has 0 saturated heterocycles. The molecule has 1 aliphatic carbocycles. The zero-order valence-electron chi connectivity index (χ0n) is 6.64. The van der Waals surface area contributed by atoms with Crippen molar-refractivity contribution in [2.75, 3.05) is 0 Å². The third kappa shape index (κ3) is 2.05. The molecule has 1 rings (SSSR count). The van der Waals surface area contributed by atoms with Crippen LogP contribution in [-0.2, 0) is 0 Å². The van der Waals surface area contributed by atoms with Crippen molar-refractivity contribution in [2.24, 2.45) is 5.92 Å². The van der Waals surface area contributed by atoms with Crippen molar-refractivity contribution in [3.05, 3.63) is 11.0 Å². The fourth-order valence-corrected chi connectivity index (χ4v) is 1.87. The molecule has 1 saturated carbocycles. The van der Waals surface area contributed by atoms with Crippen LogP contribution in [0.3, 0.4) is 0 Å². The van der Waals surface area contributed by atoms with Crippen LogP contribution >= 0.6 is 12.6 Å². The lowest BCUT2D eigenvalue weighted by Crippen LogP contribution is -2.06. The Morgan fingerprint density at radius 2 is 1.90 bits per heavy atom. The Morgan fingerprint density at radius 1 is 1.30 bits per heavy atom. The van der Waals surface area contributed by atoms with Crippen LogP contribution in [0, 0.1) is 5.92 Å². The molecular formula is C9H16S. The van der Waals surface area contributed by atoms with Gasteiger partial charge in [0.15, 0.2) is 0 Å². The van der Waals surface area contributed by atoms with E-state index in [0.717, 1.165) is 5.92 Å². The first-order valence-corrected chi connectivity index (χ1v) is 4.67. The molecule has 1 fully saturated rings. The van der Waals surface area contributed by atoms with Gasteiger partial charge in [0.1, 0.15) is 0 Å². The van der Waals surface area contributed by atoms with Crippen LogP contribution < -0.4 is 0 Å². The average molecular weight is 156 g/mol. The smallest absolute Gasteiger partial charge is 0.0198 e. The van der Waals surface area contributed by atoms with Crippen molar-refractivity contribution in [1.29, 1.82) is 0 Å². The highest BCUT2D eigenvalue weighted by Crippen LogP contribution is 2.29. The van der Waals surface area contributed by atoms with Crippen molar-refractivity contribution in [3.63, 3.8) is 0 Å². The van der Waals surface area contributed by atoms with Crippen molar-refractivity contribution in [2.45, 2.75) is 39.0 Å². The number of thiol groups is 1. The van der Waals surface area contributed by atoms with Crippen LogP contribution in [-0.4, -0.2) is 0 Å². The van der Waals surface area contributed by atoms with Gasteiger partial charge in [-0.15, -0.1) is 0 Å². The topological polar surface area (TPSA) is 0 Å². The number of allylic oxidation sites excluding steroid dienone is 1. The van der Waals surface area contributed by atoms with Crippen LogP contribution in [0.2, 0.25) is 0 Å². The lowest BCUT2D eigenvalue weighted by atomic mass is 9.85. The van der Waals surface area contributed by atoms with E-state index in [1.165, 1.54) is 37.7 Å². The first-order valence-electron chi connectivity index (χ1n) is 4.15. The highest BCUT2D eigenvalue weighted by atomic mass is 32.1. The van der Waals surface area contributed by atoms with Crippen LogP contribution in [0.25, 0.3) is 0 Å². The molecule has 0 spiro atoms. The Bertz CT molecular complexity index is 121. The van der Waals surface area contributed by atoms with Crippen LogP contribution in [0.5, 0.6) is 0 Å². The molecule has 0 N–H and O–H groups in total. The molecule has 0 aromatic carbocycles. The fraction of sp³-hybridized carbons (Fsp3) is 0.778. The summed E-state index contributed by atoms with van der Waals surface area (Å²) in [6.45, 7) is 2.20. The Balaban J connectivity index is 2.39. The van der Waals surface area contributed by atoms with Gasteiger partial charge in [0, 0.05) is 0 Å². The highest BCUT2D eigenvalue weighted by molar-refractivity contribution is 7.83. The van der Waals surface area contributed by atoms with Crippen molar-refractivity contribution in [3.8, 4) is 0 Å². The molecule has 0 amide bonds. The summed E-state index contributed by atoms with van der Waals surface area (Å²) < 4.78 is 0. The molecule has 0 aromatic heterocycles. The van der Waals surface area contributed by atoms with Crippen LogP contribution in [0.15, 0.2) is 11.0 Å². The molecule has 1 aliphatic rings. The number of rotatable bonds is 1. The Kier molecular flexibility index (Phi) is 3.33. The van der Waals surface area contributed by atoms with E-state index in [1.807, 2.05) is 5.41 Å². The fourth-order valence-electron chi connectivity index (χ4n) is 1.66. The monoisotopic (exact) mass is 156 g/mol. The molecule has 0 heterocycles. The van der Waals surface area contributed by atoms with Gasteiger partial charge in [-0.25, -0.2) is 0 Å². The zero-order valence-corrected chi connectivity index (χ0v) is 7.53. The van der Waals surface area contributed by atoms with Gasteiger partial charge in [-0.05, 0) is 31.1 Å². The summed E-state index contributed by atoms with van der Waals surface area (Å²) in [6, 6.07) is 0. The minimum atomic E-state index is 0.853. The predicted octanol–water partition coefficient (Wildman–Crippen LogP) is 3.40. The molecule has 58 valence electrons. The van der Waals surface area contributed by atoms with Crippen molar-refractivity contribution >= 4 is 12.6 Å². The second-order valence-corrected chi connectivity index (χ2v) is 3.47. The first kappa shape index (κ1) is 8.19. The Hall–Kier alpha value is 0.0900. The lowest BCUT2D eigenvalue weighted by Gasteiger charge is -2.21. The summed E-state index contributed by atoms with van der Waals surface area (Å²) in [5.74, 6) is 0.853. The number of hydrogen-bond acceptors (Lipinski definition) is 1. The van der Waals surface area contributed by atoms with E-state index in [2.05, 4.69) is 19.6 Å². The lowest BCUT2D eigenvalue weighted by molar-refractivity contribution is 0.403. The Morgan fingerprint density at radius 3 is 2.40 bits per heavy atom. The van der Waals surface area contributed by atoms with Crippen LogP contribution in [0.1, 0.15) is 39.0 Å². The zero-order chi connectivity index (χ0) is 7.40. The minimum Gasteiger partial charge on any atom is -0.151 e. The van der Waals surface area contributed by atoms with Crippen LogP contribution in [0.4, 0.5) is 0 Å². The maximum Gasteiger partial charge on any atom is -0.0198 e. The van der Waals surface area contributed by atoms with Gasteiger partial charge < -0.3 is 0 Å². The molecule has 0 atom stereocenters. The standard InChI is InChI=1S/C9H16S/c1-8(7-10)9-5-3-2-4-6-9/h7,9-10H,2-6H2,1H3/b8-7+. The third-order valence-electron chi connectivity index (χ3n) is 2.45. The predicted molar refractivity (Wildman–Crippen MR) is 49.3 cm³/mol. The molecule has 0 radical (unpaired) electrons. The van der Waals surface area contributed by atoms with E-state index >= 15 is 0 Å². The minimum absolute atomic E-state index is 0.853. The normalized spacial score (nSPS) is 23.2. The van der Waals surface area contributed by atoms with Gasteiger partial charge in [0.2, 0.25) is 0 Å².